The second-order valence-corrected chi connectivity index (χ2v) is 9.02. The SMILES string of the molecule is CCOc1ccc(/C(O)=C2/C(=O)C(=O)N(Cc3cccnc3)C2c2ccc(C(C)C)cc2)cc1C. The van der Waals surface area contributed by atoms with Crippen LogP contribution >= 0.6 is 0 Å². The van der Waals surface area contributed by atoms with Crippen molar-refractivity contribution in [3.05, 3.63) is 100 Å². The van der Waals surface area contributed by atoms with Crippen LogP contribution in [0.15, 0.2) is 72.6 Å². The van der Waals surface area contributed by atoms with E-state index in [0.29, 0.717) is 23.8 Å². The van der Waals surface area contributed by atoms with Gasteiger partial charge in [0.05, 0.1) is 18.2 Å². The van der Waals surface area contributed by atoms with Crippen LogP contribution in [-0.2, 0) is 16.1 Å². The van der Waals surface area contributed by atoms with Crippen LogP contribution in [0, 0.1) is 6.92 Å². The Hall–Kier alpha value is -3.93. The largest absolute Gasteiger partial charge is 0.507 e. The fraction of sp³-hybridized carbons (Fsp3) is 0.276. The molecule has 1 amide bonds. The Morgan fingerprint density at radius 1 is 1.11 bits per heavy atom. The van der Waals surface area contributed by atoms with Gasteiger partial charge in [0.2, 0.25) is 0 Å². The molecular weight excluding hydrogens is 440 g/mol. The van der Waals surface area contributed by atoms with Gasteiger partial charge in [-0.1, -0.05) is 44.2 Å². The van der Waals surface area contributed by atoms with Gasteiger partial charge in [0.15, 0.2) is 0 Å². The predicted octanol–water partition coefficient (Wildman–Crippen LogP) is 5.53. The van der Waals surface area contributed by atoms with Gasteiger partial charge in [-0.05, 0) is 66.3 Å². The second-order valence-electron chi connectivity index (χ2n) is 9.02. The molecule has 1 saturated heterocycles. The summed E-state index contributed by atoms with van der Waals surface area (Å²) in [5, 5.41) is 11.3. The molecule has 6 nitrogen and oxygen atoms in total. The molecule has 0 spiro atoms. The highest BCUT2D eigenvalue weighted by molar-refractivity contribution is 6.46. The van der Waals surface area contributed by atoms with Gasteiger partial charge in [-0.2, -0.15) is 0 Å². The van der Waals surface area contributed by atoms with Crippen LogP contribution < -0.4 is 4.74 Å². The topological polar surface area (TPSA) is 79.7 Å². The van der Waals surface area contributed by atoms with Crippen LogP contribution in [0.5, 0.6) is 5.75 Å². The molecule has 180 valence electrons. The molecule has 1 N–H and O–H groups in total. The smallest absolute Gasteiger partial charge is 0.295 e. The Labute approximate surface area is 205 Å². The average molecular weight is 471 g/mol. The Bertz CT molecular complexity index is 1260. The number of amides is 1. The summed E-state index contributed by atoms with van der Waals surface area (Å²) in [5.41, 5.74) is 4.10. The lowest BCUT2D eigenvalue weighted by Gasteiger charge is -2.25. The number of rotatable bonds is 7. The molecule has 6 heteroatoms. The van der Waals surface area contributed by atoms with Crippen LogP contribution in [0.1, 0.15) is 60.5 Å². The minimum Gasteiger partial charge on any atom is -0.507 e. The van der Waals surface area contributed by atoms with Gasteiger partial charge >= 0.3 is 0 Å². The van der Waals surface area contributed by atoms with E-state index in [-0.39, 0.29) is 17.9 Å². The van der Waals surface area contributed by atoms with Crippen molar-refractivity contribution in [3.8, 4) is 5.75 Å². The van der Waals surface area contributed by atoms with Gasteiger partial charge in [-0.25, -0.2) is 0 Å². The van der Waals surface area contributed by atoms with Gasteiger partial charge in [0.1, 0.15) is 11.5 Å². The first-order valence-electron chi connectivity index (χ1n) is 11.8. The average Bonchev–Trinajstić information content (AvgIpc) is 3.10. The number of aliphatic hydroxyl groups excluding tert-OH is 1. The fourth-order valence-corrected chi connectivity index (χ4v) is 4.41. The molecule has 0 bridgehead atoms. The molecule has 1 unspecified atom stereocenters. The lowest BCUT2D eigenvalue weighted by molar-refractivity contribution is -0.140. The number of carbonyl (C=O) groups is 2. The zero-order chi connectivity index (χ0) is 25.1. The van der Waals surface area contributed by atoms with Gasteiger partial charge < -0.3 is 14.7 Å². The van der Waals surface area contributed by atoms with Crippen molar-refractivity contribution >= 4 is 17.4 Å². The highest BCUT2D eigenvalue weighted by Gasteiger charge is 2.46. The van der Waals surface area contributed by atoms with Crippen molar-refractivity contribution in [1.82, 2.24) is 9.88 Å². The molecule has 1 aliphatic heterocycles. The molecule has 2 aromatic carbocycles. The maximum atomic E-state index is 13.3. The number of likely N-dealkylation sites (tertiary alicyclic amines) is 1. The van der Waals surface area contributed by atoms with Crippen LogP contribution in [0.25, 0.3) is 5.76 Å². The summed E-state index contributed by atoms with van der Waals surface area (Å²) in [6, 6.07) is 16.1. The molecule has 1 aliphatic rings. The molecule has 0 radical (unpaired) electrons. The molecule has 2 heterocycles. The zero-order valence-electron chi connectivity index (χ0n) is 20.5. The zero-order valence-corrected chi connectivity index (χ0v) is 20.5. The number of ether oxygens (including phenoxy) is 1. The van der Waals surface area contributed by atoms with Crippen molar-refractivity contribution in [3.63, 3.8) is 0 Å². The summed E-state index contributed by atoms with van der Waals surface area (Å²) >= 11 is 0. The van der Waals surface area contributed by atoms with Crippen LogP contribution in [0.4, 0.5) is 0 Å². The predicted molar refractivity (Wildman–Crippen MR) is 135 cm³/mol. The first-order valence-corrected chi connectivity index (χ1v) is 11.8. The van der Waals surface area contributed by atoms with Crippen molar-refractivity contribution in [2.45, 2.75) is 46.2 Å². The van der Waals surface area contributed by atoms with Crippen molar-refractivity contribution in [2.75, 3.05) is 6.61 Å². The van der Waals surface area contributed by atoms with E-state index in [1.807, 2.05) is 44.2 Å². The van der Waals surface area contributed by atoms with E-state index in [4.69, 9.17) is 4.74 Å². The number of ketones is 1. The lowest BCUT2D eigenvalue weighted by atomic mass is 9.93. The van der Waals surface area contributed by atoms with Crippen molar-refractivity contribution in [1.29, 1.82) is 0 Å². The molecular formula is C29H30N2O4. The van der Waals surface area contributed by atoms with Gasteiger partial charge in [0, 0.05) is 24.5 Å². The van der Waals surface area contributed by atoms with Crippen LogP contribution in [0.2, 0.25) is 0 Å². The first-order chi connectivity index (χ1) is 16.8. The molecule has 1 fully saturated rings. The van der Waals surface area contributed by atoms with E-state index in [9.17, 15) is 14.7 Å². The van der Waals surface area contributed by atoms with Gasteiger partial charge in [-0.3, -0.25) is 14.6 Å². The number of carbonyl (C=O) groups excluding carboxylic acids is 2. The number of benzene rings is 2. The summed E-state index contributed by atoms with van der Waals surface area (Å²) in [6.07, 6.45) is 3.34. The number of pyridine rings is 1. The van der Waals surface area contributed by atoms with E-state index in [2.05, 4.69) is 18.8 Å². The maximum Gasteiger partial charge on any atom is 0.295 e. The molecule has 0 aliphatic carbocycles. The van der Waals surface area contributed by atoms with Crippen molar-refractivity contribution < 1.29 is 19.4 Å². The number of Topliss-reactive ketones (excluding diaryl/α,β-unsaturated/α-hetero) is 1. The summed E-state index contributed by atoms with van der Waals surface area (Å²) in [4.78, 5) is 32.1. The van der Waals surface area contributed by atoms with E-state index in [1.165, 1.54) is 4.90 Å². The Balaban J connectivity index is 1.84. The number of aryl methyl sites for hydroxylation is 1. The maximum absolute atomic E-state index is 13.3. The highest BCUT2D eigenvalue weighted by atomic mass is 16.5. The van der Waals surface area contributed by atoms with E-state index in [0.717, 1.165) is 22.3 Å². The number of aromatic nitrogens is 1. The van der Waals surface area contributed by atoms with E-state index in [1.54, 1.807) is 36.7 Å². The molecule has 0 saturated carbocycles. The minimum absolute atomic E-state index is 0.0831. The lowest BCUT2D eigenvalue weighted by Crippen LogP contribution is -2.29. The number of hydrogen-bond acceptors (Lipinski definition) is 5. The van der Waals surface area contributed by atoms with Gasteiger partial charge in [-0.15, -0.1) is 0 Å². The molecule has 1 aromatic heterocycles. The minimum atomic E-state index is -0.719. The number of nitrogens with zero attached hydrogens (tertiary/aromatic N) is 2. The normalized spacial score (nSPS) is 17.3. The standard InChI is InChI=1S/C29H30N2O4/c1-5-35-24-13-12-23(15-19(24)4)27(32)25-26(22-10-8-21(9-11-22)18(2)3)31(29(34)28(25)33)17-20-7-6-14-30-16-20/h6-16,18,26,32H,5,17H2,1-4H3/b27-25-. The fourth-order valence-electron chi connectivity index (χ4n) is 4.41. The monoisotopic (exact) mass is 470 g/mol. The summed E-state index contributed by atoms with van der Waals surface area (Å²) in [7, 11) is 0. The van der Waals surface area contributed by atoms with Gasteiger partial charge in [0.25, 0.3) is 11.7 Å². The number of aliphatic hydroxyl groups is 1. The molecule has 4 rings (SSSR count). The quantitative estimate of drug-likeness (QED) is 0.279. The van der Waals surface area contributed by atoms with E-state index < -0.39 is 17.7 Å². The van der Waals surface area contributed by atoms with Crippen LogP contribution in [-0.4, -0.2) is 33.3 Å². The van der Waals surface area contributed by atoms with Crippen LogP contribution in [0.3, 0.4) is 0 Å². The third kappa shape index (κ3) is 4.83. The third-order valence-corrected chi connectivity index (χ3v) is 6.28. The van der Waals surface area contributed by atoms with Crippen molar-refractivity contribution in [2.24, 2.45) is 0 Å². The molecule has 3 aromatic rings. The summed E-state index contributed by atoms with van der Waals surface area (Å²) < 4.78 is 5.61. The Morgan fingerprint density at radius 3 is 2.46 bits per heavy atom. The third-order valence-electron chi connectivity index (χ3n) is 6.28. The first kappa shape index (κ1) is 24.2. The molecule has 1 atom stereocenters. The summed E-state index contributed by atoms with van der Waals surface area (Å²) in [5.74, 6) is -0.479. The van der Waals surface area contributed by atoms with E-state index >= 15 is 0 Å². The molecule has 35 heavy (non-hydrogen) atoms. The second kappa shape index (κ2) is 10.1. The summed E-state index contributed by atoms with van der Waals surface area (Å²) in [6.45, 7) is 8.73. The number of hydrogen-bond donors (Lipinski definition) is 1. The Morgan fingerprint density at radius 2 is 1.86 bits per heavy atom. The highest BCUT2D eigenvalue weighted by Crippen LogP contribution is 2.41. The Kier molecular flexibility index (Phi) is 7.01.